The fourth-order valence-corrected chi connectivity index (χ4v) is 2.87. The third kappa shape index (κ3) is 2.06. The van der Waals surface area contributed by atoms with Crippen LogP contribution < -0.4 is 0 Å². The Hall–Kier alpha value is -1.26. The molecule has 18 heavy (non-hydrogen) atoms. The fraction of sp³-hybridized carbons (Fsp3) is 0.571. The summed E-state index contributed by atoms with van der Waals surface area (Å²) < 4.78 is 5.74. The molecular weight excluding hydrogens is 228 g/mol. The van der Waals surface area contributed by atoms with E-state index < -0.39 is 0 Å². The summed E-state index contributed by atoms with van der Waals surface area (Å²) in [7, 11) is 0. The highest BCUT2D eigenvalue weighted by atomic mass is 16.5. The first-order valence-electron chi connectivity index (χ1n) is 6.56. The van der Waals surface area contributed by atoms with Crippen LogP contribution in [0.5, 0.6) is 0 Å². The van der Waals surface area contributed by atoms with Gasteiger partial charge in [0.05, 0.1) is 6.61 Å². The maximum absolute atomic E-state index is 12.4. The van der Waals surface area contributed by atoms with Crippen LogP contribution in [0, 0.1) is 6.92 Å². The van der Waals surface area contributed by atoms with Crippen LogP contribution in [-0.4, -0.2) is 47.5 Å². The van der Waals surface area contributed by atoms with Crippen molar-refractivity contribution < 1.29 is 9.53 Å². The number of morpholine rings is 1. The number of carbonyl (C=O) groups excluding carboxylic acids is 1. The summed E-state index contributed by atoms with van der Waals surface area (Å²) in [6.07, 6.45) is 5.47. The summed E-state index contributed by atoms with van der Waals surface area (Å²) in [6.45, 7) is 4.47. The van der Waals surface area contributed by atoms with E-state index in [-0.39, 0.29) is 11.9 Å². The van der Waals surface area contributed by atoms with Crippen LogP contribution >= 0.6 is 0 Å². The van der Waals surface area contributed by atoms with Crippen molar-refractivity contribution in [2.24, 2.45) is 0 Å². The molecule has 4 nitrogen and oxygen atoms in total. The van der Waals surface area contributed by atoms with Gasteiger partial charge in [0, 0.05) is 30.5 Å². The number of carbonyl (C=O) groups is 1. The summed E-state index contributed by atoms with van der Waals surface area (Å²) in [5.74, 6) is 0.0750. The van der Waals surface area contributed by atoms with E-state index in [2.05, 4.69) is 9.88 Å². The van der Waals surface area contributed by atoms with Gasteiger partial charge in [0.25, 0.3) is 0 Å². The highest BCUT2D eigenvalue weighted by Crippen LogP contribution is 2.24. The van der Waals surface area contributed by atoms with Gasteiger partial charge in [-0.2, -0.15) is 0 Å². The number of hydrogen-bond donors (Lipinski definition) is 0. The third-order valence-corrected chi connectivity index (χ3v) is 3.99. The van der Waals surface area contributed by atoms with Crippen LogP contribution in [0.25, 0.3) is 0 Å². The topological polar surface area (TPSA) is 42.4 Å². The van der Waals surface area contributed by atoms with Crippen molar-refractivity contribution in [2.45, 2.75) is 31.9 Å². The molecule has 4 heteroatoms. The molecule has 0 saturated carbocycles. The van der Waals surface area contributed by atoms with Gasteiger partial charge in [-0.1, -0.05) is 0 Å². The summed E-state index contributed by atoms with van der Waals surface area (Å²) in [5.41, 5.74) is 1.67. The Kier molecular flexibility index (Phi) is 3.14. The van der Waals surface area contributed by atoms with Crippen molar-refractivity contribution in [1.82, 2.24) is 9.88 Å². The molecule has 2 fully saturated rings. The Balaban J connectivity index is 1.75. The van der Waals surface area contributed by atoms with Crippen molar-refractivity contribution in [2.75, 3.05) is 19.7 Å². The molecule has 0 spiro atoms. The van der Waals surface area contributed by atoms with E-state index in [1.165, 1.54) is 12.8 Å². The van der Waals surface area contributed by atoms with E-state index >= 15 is 0 Å². The molecule has 1 aromatic rings. The van der Waals surface area contributed by atoms with Crippen molar-refractivity contribution >= 4 is 5.78 Å². The van der Waals surface area contributed by atoms with Crippen LogP contribution in [0.2, 0.25) is 0 Å². The largest absolute Gasteiger partial charge is 0.367 e. The third-order valence-electron chi connectivity index (χ3n) is 3.99. The Morgan fingerprint density at radius 3 is 3.28 bits per heavy atom. The van der Waals surface area contributed by atoms with Crippen LogP contribution in [0.4, 0.5) is 0 Å². The zero-order valence-corrected chi connectivity index (χ0v) is 10.6. The van der Waals surface area contributed by atoms with Gasteiger partial charge in [-0.25, -0.2) is 0 Å². The molecule has 96 valence electrons. The molecule has 2 unspecified atom stereocenters. The first-order chi connectivity index (χ1) is 8.75. The maximum Gasteiger partial charge on any atom is 0.194 e. The molecule has 0 amide bonds. The minimum Gasteiger partial charge on any atom is -0.367 e. The number of ketones is 1. The number of rotatable bonds is 2. The second-order valence-corrected chi connectivity index (χ2v) is 5.17. The Morgan fingerprint density at radius 1 is 1.56 bits per heavy atom. The van der Waals surface area contributed by atoms with Gasteiger partial charge in [-0.15, -0.1) is 0 Å². The lowest BCUT2D eigenvalue weighted by atomic mass is 10.0. The quantitative estimate of drug-likeness (QED) is 0.740. The number of aryl methyl sites for hydroxylation is 1. The second kappa shape index (κ2) is 4.78. The zero-order chi connectivity index (χ0) is 12.5. The molecule has 1 aromatic heterocycles. The zero-order valence-electron chi connectivity index (χ0n) is 10.6. The van der Waals surface area contributed by atoms with Gasteiger partial charge in [-0.3, -0.25) is 14.7 Å². The van der Waals surface area contributed by atoms with E-state index in [1.54, 1.807) is 12.4 Å². The second-order valence-electron chi connectivity index (χ2n) is 5.17. The number of Topliss-reactive ketones (excluding diaryl/α,β-unsaturated/α-hetero) is 1. The van der Waals surface area contributed by atoms with Crippen molar-refractivity contribution in [3.8, 4) is 0 Å². The van der Waals surface area contributed by atoms with Crippen LogP contribution in [0.3, 0.4) is 0 Å². The van der Waals surface area contributed by atoms with Crippen molar-refractivity contribution in [3.05, 3.63) is 29.6 Å². The molecule has 0 radical (unpaired) electrons. The molecular formula is C14H18N2O2. The van der Waals surface area contributed by atoms with Crippen LogP contribution in [0.15, 0.2) is 18.5 Å². The summed E-state index contributed by atoms with van der Waals surface area (Å²) in [5, 5.41) is 0. The summed E-state index contributed by atoms with van der Waals surface area (Å²) in [4.78, 5) is 18.8. The Labute approximate surface area is 107 Å². The highest BCUT2D eigenvalue weighted by molar-refractivity contribution is 6.00. The Bertz CT molecular complexity index is 461. The normalized spacial score (nSPS) is 28.1. The monoisotopic (exact) mass is 246 g/mol. The standard InChI is InChI=1S/C14H18N2O2/c1-10-4-5-15-7-12(10)14(17)13-8-16-6-2-3-11(16)9-18-13/h4-5,7,11,13H,2-3,6,8-9H2,1H3. The smallest absolute Gasteiger partial charge is 0.194 e. The molecule has 0 aromatic carbocycles. The van der Waals surface area contributed by atoms with E-state index in [0.717, 1.165) is 18.7 Å². The number of hydrogen-bond acceptors (Lipinski definition) is 4. The first-order valence-corrected chi connectivity index (χ1v) is 6.56. The number of aromatic nitrogens is 1. The number of pyridine rings is 1. The minimum atomic E-state index is -0.317. The maximum atomic E-state index is 12.4. The molecule has 0 N–H and O–H groups in total. The molecule has 2 aliphatic heterocycles. The van der Waals surface area contributed by atoms with Crippen LogP contribution in [-0.2, 0) is 4.74 Å². The summed E-state index contributed by atoms with van der Waals surface area (Å²) in [6, 6.07) is 2.40. The molecule has 3 heterocycles. The lowest BCUT2D eigenvalue weighted by Crippen LogP contribution is -2.49. The SMILES string of the molecule is Cc1ccncc1C(=O)C1CN2CCCC2CO1. The van der Waals surface area contributed by atoms with Crippen molar-refractivity contribution in [1.29, 1.82) is 0 Å². The van der Waals surface area contributed by atoms with Crippen molar-refractivity contribution in [3.63, 3.8) is 0 Å². The van der Waals surface area contributed by atoms with E-state index in [1.807, 2.05) is 13.0 Å². The molecule has 0 aliphatic carbocycles. The Morgan fingerprint density at radius 2 is 2.44 bits per heavy atom. The number of fused-ring (bicyclic) bond motifs is 1. The molecule has 0 bridgehead atoms. The minimum absolute atomic E-state index is 0.0750. The predicted octanol–water partition coefficient (Wildman–Crippen LogP) is 1.44. The average molecular weight is 246 g/mol. The number of nitrogens with zero attached hydrogens (tertiary/aromatic N) is 2. The molecule has 2 saturated heterocycles. The van der Waals surface area contributed by atoms with Gasteiger partial charge in [0.2, 0.25) is 0 Å². The van der Waals surface area contributed by atoms with E-state index in [0.29, 0.717) is 18.2 Å². The van der Waals surface area contributed by atoms with E-state index in [9.17, 15) is 4.79 Å². The van der Waals surface area contributed by atoms with Gasteiger partial charge >= 0.3 is 0 Å². The number of ether oxygens (including phenoxy) is 1. The predicted molar refractivity (Wildman–Crippen MR) is 67.6 cm³/mol. The lowest BCUT2D eigenvalue weighted by Gasteiger charge is -2.34. The molecule has 2 atom stereocenters. The fourth-order valence-electron chi connectivity index (χ4n) is 2.87. The van der Waals surface area contributed by atoms with Gasteiger partial charge in [0.15, 0.2) is 5.78 Å². The van der Waals surface area contributed by atoms with E-state index in [4.69, 9.17) is 4.74 Å². The van der Waals surface area contributed by atoms with Crippen LogP contribution in [0.1, 0.15) is 28.8 Å². The summed E-state index contributed by atoms with van der Waals surface area (Å²) >= 11 is 0. The van der Waals surface area contributed by atoms with Gasteiger partial charge in [0.1, 0.15) is 6.10 Å². The molecule has 3 rings (SSSR count). The molecule has 2 aliphatic rings. The average Bonchev–Trinajstić information content (AvgIpc) is 2.85. The first kappa shape index (κ1) is 11.8. The van der Waals surface area contributed by atoms with Gasteiger partial charge < -0.3 is 4.74 Å². The van der Waals surface area contributed by atoms with Gasteiger partial charge in [-0.05, 0) is 37.9 Å². The lowest BCUT2D eigenvalue weighted by molar-refractivity contribution is -0.0345. The highest BCUT2D eigenvalue weighted by Gasteiger charge is 2.35.